The Kier molecular flexibility index (Phi) is 4.48. The average Bonchev–Trinajstić information content (AvgIpc) is 2.42. The summed E-state index contributed by atoms with van der Waals surface area (Å²) in [6.45, 7) is 2.02. The van der Waals surface area contributed by atoms with Gasteiger partial charge in [0, 0.05) is 12.1 Å². The lowest BCUT2D eigenvalue weighted by Gasteiger charge is -2.17. The highest BCUT2D eigenvalue weighted by Crippen LogP contribution is 2.18. The number of halogens is 1. The number of nitrogens with one attached hydrogen (secondary N) is 1. The number of aliphatic carboxylic acids is 1. The number of aryl methyl sites for hydroxylation is 1. The molecule has 0 fully saturated rings. The van der Waals surface area contributed by atoms with Crippen LogP contribution in [0.4, 0.5) is 4.39 Å². The Morgan fingerprint density at radius 3 is 2.50 bits per heavy atom. The standard InChI is InChI=1S/C16H16FNO2/c1-11-6-2-4-8-13(11)15(16(19)20)18-10-12-7-3-5-9-14(12)17/h2-9,15,18H,10H2,1H3,(H,19,20). The first-order valence-electron chi connectivity index (χ1n) is 6.34. The first-order valence-corrected chi connectivity index (χ1v) is 6.34. The highest BCUT2D eigenvalue weighted by atomic mass is 19.1. The number of carboxylic acids is 1. The van der Waals surface area contributed by atoms with Gasteiger partial charge in [-0.15, -0.1) is 0 Å². The fourth-order valence-corrected chi connectivity index (χ4v) is 2.09. The third-order valence-corrected chi connectivity index (χ3v) is 3.20. The zero-order valence-electron chi connectivity index (χ0n) is 11.1. The number of benzene rings is 2. The molecule has 20 heavy (non-hydrogen) atoms. The molecule has 2 aromatic rings. The van der Waals surface area contributed by atoms with Gasteiger partial charge in [0.1, 0.15) is 11.9 Å². The summed E-state index contributed by atoms with van der Waals surface area (Å²) in [7, 11) is 0. The molecule has 104 valence electrons. The molecule has 1 unspecified atom stereocenters. The first-order chi connectivity index (χ1) is 9.59. The van der Waals surface area contributed by atoms with E-state index in [-0.39, 0.29) is 12.4 Å². The molecule has 0 spiro atoms. The normalized spacial score (nSPS) is 12.1. The van der Waals surface area contributed by atoms with Crippen LogP contribution in [-0.2, 0) is 11.3 Å². The largest absolute Gasteiger partial charge is 0.480 e. The minimum atomic E-state index is -0.976. The Morgan fingerprint density at radius 2 is 1.85 bits per heavy atom. The summed E-state index contributed by atoms with van der Waals surface area (Å²) in [6, 6.07) is 12.8. The maximum absolute atomic E-state index is 13.5. The molecule has 0 heterocycles. The predicted molar refractivity (Wildman–Crippen MR) is 74.8 cm³/mol. The second-order valence-electron chi connectivity index (χ2n) is 4.60. The van der Waals surface area contributed by atoms with Crippen LogP contribution in [0, 0.1) is 12.7 Å². The van der Waals surface area contributed by atoms with E-state index in [4.69, 9.17) is 0 Å². The molecular formula is C16H16FNO2. The van der Waals surface area contributed by atoms with E-state index in [1.54, 1.807) is 30.3 Å². The molecule has 1 atom stereocenters. The van der Waals surface area contributed by atoms with Crippen molar-refractivity contribution in [3.05, 3.63) is 71.0 Å². The van der Waals surface area contributed by atoms with E-state index in [0.717, 1.165) is 5.56 Å². The Hall–Kier alpha value is -2.20. The van der Waals surface area contributed by atoms with Gasteiger partial charge in [0.15, 0.2) is 0 Å². The second-order valence-corrected chi connectivity index (χ2v) is 4.60. The monoisotopic (exact) mass is 273 g/mol. The quantitative estimate of drug-likeness (QED) is 0.880. The molecule has 2 rings (SSSR count). The van der Waals surface area contributed by atoms with Crippen LogP contribution in [-0.4, -0.2) is 11.1 Å². The highest BCUT2D eigenvalue weighted by molar-refractivity contribution is 5.76. The molecule has 0 aliphatic heterocycles. The molecule has 0 saturated heterocycles. The Labute approximate surface area is 117 Å². The van der Waals surface area contributed by atoms with Gasteiger partial charge in [-0.25, -0.2) is 4.39 Å². The molecule has 0 saturated carbocycles. The second kappa shape index (κ2) is 6.30. The number of carboxylic acid groups (broad SMARTS) is 1. The minimum Gasteiger partial charge on any atom is -0.480 e. The summed E-state index contributed by atoms with van der Waals surface area (Å²) in [5.74, 6) is -1.32. The summed E-state index contributed by atoms with van der Waals surface area (Å²) in [5, 5.41) is 12.2. The van der Waals surface area contributed by atoms with Gasteiger partial charge < -0.3 is 5.11 Å². The first kappa shape index (κ1) is 14.2. The molecule has 0 bridgehead atoms. The molecular weight excluding hydrogens is 257 g/mol. The maximum Gasteiger partial charge on any atom is 0.325 e. The van der Waals surface area contributed by atoms with Gasteiger partial charge in [-0.3, -0.25) is 10.1 Å². The zero-order chi connectivity index (χ0) is 14.5. The number of carbonyl (C=O) groups is 1. The van der Waals surface area contributed by atoms with Gasteiger partial charge in [-0.1, -0.05) is 42.5 Å². The van der Waals surface area contributed by atoms with Crippen LogP contribution in [0.2, 0.25) is 0 Å². The van der Waals surface area contributed by atoms with Crippen molar-refractivity contribution in [2.24, 2.45) is 0 Å². The molecule has 0 aliphatic carbocycles. The Balaban J connectivity index is 2.18. The predicted octanol–water partition coefficient (Wildman–Crippen LogP) is 3.05. The third kappa shape index (κ3) is 3.22. The maximum atomic E-state index is 13.5. The van der Waals surface area contributed by atoms with Gasteiger partial charge in [0.25, 0.3) is 0 Å². The summed E-state index contributed by atoms with van der Waals surface area (Å²) in [6.07, 6.45) is 0. The van der Waals surface area contributed by atoms with Crippen LogP contribution in [0.15, 0.2) is 48.5 Å². The molecule has 2 N–H and O–H groups in total. The topological polar surface area (TPSA) is 49.3 Å². The van der Waals surface area contributed by atoms with Crippen molar-refractivity contribution >= 4 is 5.97 Å². The number of hydrogen-bond donors (Lipinski definition) is 2. The van der Waals surface area contributed by atoms with Crippen LogP contribution in [0.25, 0.3) is 0 Å². The van der Waals surface area contributed by atoms with Gasteiger partial charge in [0.2, 0.25) is 0 Å². The Bertz CT molecular complexity index is 613. The number of rotatable bonds is 5. The third-order valence-electron chi connectivity index (χ3n) is 3.20. The van der Waals surface area contributed by atoms with Crippen LogP contribution < -0.4 is 5.32 Å². The van der Waals surface area contributed by atoms with Crippen LogP contribution in [0.1, 0.15) is 22.7 Å². The Morgan fingerprint density at radius 1 is 1.20 bits per heavy atom. The minimum absolute atomic E-state index is 0.165. The molecule has 0 aromatic heterocycles. The van der Waals surface area contributed by atoms with Crippen molar-refractivity contribution in [1.82, 2.24) is 5.32 Å². The molecule has 0 amide bonds. The van der Waals surface area contributed by atoms with E-state index in [0.29, 0.717) is 11.1 Å². The SMILES string of the molecule is Cc1ccccc1C(NCc1ccccc1F)C(=O)O. The van der Waals surface area contributed by atoms with E-state index in [1.165, 1.54) is 6.07 Å². The van der Waals surface area contributed by atoms with Gasteiger partial charge in [0.05, 0.1) is 0 Å². The summed E-state index contributed by atoms with van der Waals surface area (Å²) in [5.41, 5.74) is 2.03. The lowest BCUT2D eigenvalue weighted by molar-refractivity contribution is -0.139. The summed E-state index contributed by atoms with van der Waals surface area (Å²) >= 11 is 0. The molecule has 2 aromatic carbocycles. The fourth-order valence-electron chi connectivity index (χ4n) is 2.09. The van der Waals surface area contributed by atoms with Crippen molar-refractivity contribution in [2.45, 2.75) is 19.5 Å². The highest BCUT2D eigenvalue weighted by Gasteiger charge is 2.20. The summed E-state index contributed by atoms with van der Waals surface area (Å²) < 4.78 is 13.5. The van der Waals surface area contributed by atoms with E-state index < -0.39 is 12.0 Å². The van der Waals surface area contributed by atoms with Crippen molar-refractivity contribution in [2.75, 3.05) is 0 Å². The van der Waals surface area contributed by atoms with Crippen molar-refractivity contribution in [3.8, 4) is 0 Å². The lowest BCUT2D eigenvalue weighted by Crippen LogP contribution is -2.29. The van der Waals surface area contributed by atoms with Crippen LogP contribution in [0.5, 0.6) is 0 Å². The lowest BCUT2D eigenvalue weighted by atomic mass is 10.0. The van der Waals surface area contributed by atoms with E-state index in [2.05, 4.69) is 5.32 Å². The number of hydrogen-bond acceptors (Lipinski definition) is 2. The van der Waals surface area contributed by atoms with Crippen molar-refractivity contribution < 1.29 is 14.3 Å². The summed E-state index contributed by atoms with van der Waals surface area (Å²) in [4.78, 5) is 11.4. The van der Waals surface area contributed by atoms with E-state index >= 15 is 0 Å². The zero-order valence-corrected chi connectivity index (χ0v) is 11.1. The molecule has 3 nitrogen and oxygen atoms in total. The average molecular weight is 273 g/mol. The van der Waals surface area contributed by atoms with E-state index in [1.807, 2.05) is 19.1 Å². The fraction of sp³-hybridized carbons (Fsp3) is 0.188. The molecule has 4 heteroatoms. The smallest absolute Gasteiger partial charge is 0.325 e. The van der Waals surface area contributed by atoms with Crippen molar-refractivity contribution in [1.29, 1.82) is 0 Å². The van der Waals surface area contributed by atoms with Gasteiger partial charge >= 0.3 is 5.97 Å². The van der Waals surface area contributed by atoms with Gasteiger partial charge in [-0.05, 0) is 24.1 Å². The molecule has 0 aliphatic rings. The van der Waals surface area contributed by atoms with Gasteiger partial charge in [-0.2, -0.15) is 0 Å². The van der Waals surface area contributed by atoms with Crippen LogP contribution >= 0.6 is 0 Å². The molecule has 0 radical (unpaired) electrons. The van der Waals surface area contributed by atoms with Crippen molar-refractivity contribution in [3.63, 3.8) is 0 Å². The van der Waals surface area contributed by atoms with E-state index in [9.17, 15) is 14.3 Å². The van der Waals surface area contributed by atoms with Crippen LogP contribution in [0.3, 0.4) is 0 Å².